The molecular weight excluding hydrogens is 398 g/mol. The molecule has 0 aromatic carbocycles. The van der Waals surface area contributed by atoms with E-state index >= 15 is 0 Å². The SMILES string of the molecule is C=C(CSc1nc(N2CCCC2)c2c(c1C#N)CC(C)(C)OC2)C(C(C)=O)=C(C)O. The molecule has 2 aliphatic rings. The largest absolute Gasteiger partial charge is 0.512 e. The van der Waals surface area contributed by atoms with Gasteiger partial charge in [0, 0.05) is 30.8 Å². The number of Topliss-reactive ketones (excluding diaryl/α,β-unsaturated/α-hetero) is 1. The Morgan fingerprint density at radius 3 is 2.57 bits per heavy atom. The lowest BCUT2D eigenvalue weighted by Crippen LogP contribution is -2.34. The fraction of sp³-hybridized carbons (Fsp3) is 0.522. The fourth-order valence-corrected chi connectivity index (χ4v) is 5.04. The van der Waals surface area contributed by atoms with Crippen LogP contribution in [0.25, 0.3) is 0 Å². The minimum Gasteiger partial charge on any atom is -0.512 e. The van der Waals surface area contributed by atoms with Crippen LogP contribution in [0, 0.1) is 11.3 Å². The highest BCUT2D eigenvalue weighted by Gasteiger charge is 2.33. The Balaban J connectivity index is 2.01. The number of hydrogen-bond donors (Lipinski definition) is 1. The maximum atomic E-state index is 11.9. The zero-order valence-corrected chi connectivity index (χ0v) is 19.0. The second kappa shape index (κ2) is 8.83. The molecule has 1 saturated heterocycles. The fourth-order valence-electron chi connectivity index (χ4n) is 4.12. The van der Waals surface area contributed by atoms with Crippen LogP contribution in [-0.2, 0) is 22.6 Å². The van der Waals surface area contributed by atoms with E-state index in [1.54, 1.807) is 0 Å². The van der Waals surface area contributed by atoms with Crippen LogP contribution in [0.5, 0.6) is 0 Å². The molecule has 7 heteroatoms. The van der Waals surface area contributed by atoms with E-state index in [2.05, 4.69) is 17.5 Å². The van der Waals surface area contributed by atoms with E-state index in [9.17, 15) is 15.2 Å². The maximum absolute atomic E-state index is 11.9. The quantitative estimate of drug-likeness (QED) is 0.310. The highest BCUT2D eigenvalue weighted by atomic mass is 32.2. The summed E-state index contributed by atoms with van der Waals surface area (Å²) in [6, 6.07) is 2.36. The Morgan fingerprint density at radius 2 is 2.00 bits per heavy atom. The number of thioether (sulfide) groups is 1. The number of hydrogen-bond acceptors (Lipinski definition) is 7. The molecule has 1 fully saturated rings. The number of aromatic nitrogens is 1. The second-order valence-electron chi connectivity index (χ2n) is 8.51. The molecule has 0 unspecified atom stereocenters. The average Bonchev–Trinajstić information content (AvgIpc) is 3.18. The van der Waals surface area contributed by atoms with Gasteiger partial charge in [-0.3, -0.25) is 4.79 Å². The van der Waals surface area contributed by atoms with Gasteiger partial charge in [-0.1, -0.05) is 6.58 Å². The molecule has 0 aliphatic carbocycles. The van der Waals surface area contributed by atoms with Crippen molar-refractivity contribution in [2.24, 2.45) is 0 Å². The molecule has 0 saturated carbocycles. The number of nitrogens with zero attached hydrogens (tertiary/aromatic N) is 3. The van der Waals surface area contributed by atoms with Gasteiger partial charge in [-0.15, -0.1) is 11.8 Å². The number of ether oxygens (including phenoxy) is 1. The maximum Gasteiger partial charge on any atom is 0.163 e. The predicted octanol–water partition coefficient (Wildman–Crippen LogP) is 4.47. The summed E-state index contributed by atoms with van der Waals surface area (Å²) in [6.45, 7) is 13.3. The van der Waals surface area contributed by atoms with Crippen LogP contribution in [-0.4, -0.2) is 40.3 Å². The first-order valence-corrected chi connectivity index (χ1v) is 11.2. The molecule has 2 aliphatic heterocycles. The highest BCUT2D eigenvalue weighted by molar-refractivity contribution is 7.99. The molecule has 1 aromatic heterocycles. The zero-order chi connectivity index (χ0) is 22.1. The van der Waals surface area contributed by atoms with Gasteiger partial charge in [0.05, 0.1) is 23.3 Å². The summed E-state index contributed by atoms with van der Waals surface area (Å²) in [7, 11) is 0. The molecule has 0 spiro atoms. The van der Waals surface area contributed by atoms with Crippen molar-refractivity contribution in [1.29, 1.82) is 5.26 Å². The molecule has 6 nitrogen and oxygen atoms in total. The van der Waals surface area contributed by atoms with Crippen LogP contribution in [0.15, 0.2) is 28.5 Å². The van der Waals surface area contributed by atoms with E-state index in [1.807, 2.05) is 13.8 Å². The molecule has 3 heterocycles. The Morgan fingerprint density at radius 1 is 1.33 bits per heavy atom. The standard InChI is InChI=1S/C23H29N3O3S/c1-14(20(15(2)27)16(3)28)13-30-22-18(11-24)17-10-23(4,5)29-12-19(17)21(25-22)26-8-6-7-9-26/h27H,1,6-10,12-13H2,2-5H3. The number of ketones is 1. The number of allylic oxidation sites excluding steroid dienone is 2. The first-order chi connectivity index (χ1) is 14.1. The van der Waals surface area contributed by atoms with E-state index in [0.717, 1.165) is 42.9 Å². The molecule has 0 atom stereocenters. The summed E-state index contributed by atoms with van der Waals surface area (Å²) < 4.78 is 6.05. The highest BCUT2D eigenvalue weighted by Crippen LogP contribution is 2.39. The van der Waals surface area contributed by atoms with Crippen LogP contribution in [0.1, 0.15) is 57.2 Å². The number of carbonyl (C=O) groups excluding carboxylic acids is 1. The Hall–Kier alpha value is -2.30. The van der Waals surface area contributed by atoms with Crippen LogP contribution in [0.4, 0.5) is 5.82 Å². The zero-order valence-electron chi connectivity index (χ0n) is 18.2. The first kappa shape index (κ1) is 22.4. The number of pyridine rings is 1. The lowest BCUT2D eigenvalue weighted by Gasteiger charge is -2.35. The summed E-state index contributed by atoms with van der Waals surface area (Å²) in [4.78, 5) is 19.0. The van der Waals surface area contributed by atoms with Crippen LogP contribution >= 0.6 is 11.8 Å². The van der Waals surface area contributed by atoms with Gasteiger partial charge in [-0.25, -0.2) is 4.98 Å². The van der Waals surface area contributed by atoms with Crippen molar-refractivity contribution in [2.45, 2.75) is 64.2 Å². The van der Waals surface area contributed by atoms with Gasteiger partial charge in [0.15, 0.2) is 5.78 Å². The predicted molar refractivity (Wildman–Crippen MR) is 119 cm³/mol. The van der Waals surface area contributed by atoms with Crippen LogP contribution in [0.2, 0.25) is 0 Å². The minimum atomic E-state index is -0.341. The third kappa shape index (κ3) is 4.55. The number of fused-ring (bicyclic) bond motifs is 1. The second-order valence-corrected chi connectivity index (χ2v) is 9.48. The average molecular weight is 428 g/mol. The summed E-state index contributed by atoms with van der Waals surface area (Å²) in [5, 5.41) is 20.5. The number of nitriles is 1. The van der Waals surface area contributed by atoms with Crippen LogP contribution in [0.3, 0.4) is 0 Å². The minimum absolute atomic E-state index is 0.0383. The van der Waals surface area contributed by atoms with Crippen molar-refractivity contribution in [1.82, 2.24) is 4.98 Å². The molecule has 160 valence electrons. The Labute approximate surface area is 182 Å². The monoisotopic (exact) mass is 427 g/mol. The van der Waals surface area contributed by atoms with Crippen molar-refractivity contribution in [3.63, 3.8) is 0 Å². The lowest BCUT2D eigenvalue weighted by molar-refractivity contribution is -0.113. The van der Waals surface area contributed by atoms with Gasteiger partial charge in [-0.2, -0.15) is 5.26 Å². The summed E-state index contributed by atoms with van der Waals surface area (Å²) in [5.41, 5.74) is 3.05. The van der Waals surface area contributed by atoms with E-state index in [1.165, 1.54) is 25.6 Å². The molecule has 1 N–H and O–H groups in total. The van der Waals surface area contributed by atoms with Crippen molar-refractivity contribution in [3.8, 4) is 6.07 Å². The van der Waals surface area contributed by atoms with Gasteiger partial charge >= 0.3 is 0 Å². The van der Waals surface area contributed by atoms with Crippen molar-refractivity contribution >= 4 is 23.4 Å². The topological polar surface area (TPSA) is 86.5 Å². The molecular formula is C23H29N3O3S. The van der Waals surface area contributed by atoms with Crippen LogP contribution < -0.4 is 4.90 Å². The van der Waals surface area contributed by atoms with Crippen molar-refractivity contribution in [2.75, 3.05) is 23.7 Å². The molecule has 3 rings (SSSR count). The summed E-state index contributed by atoms with van der Waals surface area (Å²) in [6.07, 6.45) is 2.91. The smallest absolute Gasteiger partial charge is 0.163 e. The van der Waals surface area contributed by atoms with Gasteiger partial charge in [0.1, 0.15) is 22.7 Å². The van der Waals surface area contributed by atoms with Gasteiger partial charge in [0.25, 0.3) is 0 Å². The van der Waals surface area contributed by atoms with Gasteiger partial charge in [0.2, 0.25) is 0 Å². The van der Waals surface area contributed by atoms with E-state index in [0.29, 0.717) is 34.9 Å². The van der Waals surface area contributed by atoms with E-state index in [4.69, 9.17) is 9.72 Å². The molecule has 30 heavy (non-hydrogen) atoms. The molecule has 0 bridgehead atoms. The third-order valence-electron chi connectivity index (χ3n) is 5.53. The number of aliphatic hydroxyl groups is 1. The number of aliphatic hydroxyl groups excluding tert-OH is 1. The van der Waals surface area contributed by atoms with Gasteiger partial charge in [-0.05, 0) is 51.7 Å². The third-order valence-corrected chi connectivity index (χ3v) is 6.60. The Bertz CT molecular complexity index is 949. The van der Waals surface area contributed by atoms with Gasteiger partial charge < -0.3 is 14.7 Å². The number of rotatable bonds is 6. The van der Waals surface area contributed by atoms with Crippen molar-refractivity contribution in [3.05, 3.63) is 40.2 Å². The summed E-state index contributed by atoms with van der Waals surface area (Å²) >= 11 is 1.39. The molecule has 0 amide bonds. The molecule has 0 radical (unpaired) electrons. The first-order valence-electron chi connectivity index (χ1n) is 10.2. The summed E-state index contributed by atoms with van der Waals surface area (Å²) in [5.74, 6) is 1.01. The normalized spacial score (nSPS) is 18.4. The van der Waals surface area contributed by atoms with E-state index in [-0.39, 0.29) is 22.7 Å². The lowest BCUT2D eigenvalue weighted by atomic mass is 9.89. The van der Waals surface area contributed by atoms with E-state index < -0.39 is 0 Å². The number of anilines is 1. The molecule has 1 aromatic rings. The van der Waals surface area contributed by atoms with Crippen molar-refractivity contribution < 1.29 is 14.6 Å². The number of carbonyl (C=O) groups is 1. The Kier molecular flexibility index (Phi) is 6.59.